The number of carbonyl (C=O) groups excluding carboxylic acids is 1. The number of carbonyl (C=O) groups is 1. The van der Waals surface area contributed by atoms with Crippen molar-refractivity contribution in [2.24, 2.45) is 0 Å². The number of hydrogen-bond acceptors (Lipinski definition) is 4. The number of piperazine rings is 1. The minimum atomic E-state index is 0.0352. The van der Waals surface area contributed by atoms with E-state index in [1.807, 2.05) is 49.4 Å². The molecule has 1 aliphatic heterocycles. The Morgan fingerprint density at radius 1 is 1.04 bits per heavy atom. The highest BCUT2D eigenvalue weighted by Crippen LogP contribution is 2.27. The molecule has 1 N–H and O–H groups in total. The van der Waals surface area contributed by atoms with Gasteiger partial charge in [0.05, 0.1) is 18.0 Å². The second kappa shape index (κ2) is 10.1. The van der Waals surface area contributed by atoms with Crippen molar-refractivity contribution in [1.29, 1.82) is 0 Å². The molecule has 0 spiro atoms. The van der Waals surface area contributed by atoms with Crippen LogP contribution < -0.4 is 15.0 Å². The quantitative estimate of drug-likeness (QED) is 0.704. The number of likely N-dealkylation sites (N-methyl/N-ethyl adjacent to an activating group) is 1. The van der Waals surface area contributed by atoms with Gasteiger partial charge >= 0.3 is 0 Å². The summed E-state index contributed by atoms with van der Waals surface area (Å²) in [5, 5.41) is 3.09. The fourth-order valence-electron chi connectivity index (χ4n) is 3.51. The van der Waals surface area contributed by atoms with Gasteiger partial charge < -0.3 is 19.9 Å². The number of rotatable bonds is 8. The van der Waals surface area contributed by atoms with Crippen LogP contribution in [0.2, 0.25) is 0 Å². The molecule has 5 nitrogen and oxygen atoms in total. The van der Waals surface area contributed by atoms with E-state index in [1.54, 1.807) is 0 Å². The van der Waals surface area contributed by atoms with Crippen LogP contribution in [0.15, 0.2) is 48.5 Å². The predicted octanol–water partition coefficient (Wildman–Crippen LogP) is 3.93. The van der Waals surface area contributed by atoms with Crippen LogP contribution >= 0.6 is 0 Å². The Morgan fingerprint density at radius 2 is 1.75 bits per heavy atom. The van der Waals surface area contributed by atoms with Crippen LogP contribution in [0.25, 0.3) is 0 Å². The van der Waals surface area contributed by atoms with Crippen molar-refractivity contribution in [3.8, 4) is 5.75 Å². The van der Waals surface area contributed by atoms with E-state index in [0.29, 0.717) is 19.4 Å². The number of amides is 1. The van der Waals surface area contributed by atoms with Gasteiger partial charge in [-0.2, -0.15) is 0 Å². The van der Waals surface area contributed by atoms with Crippen molar-refractivity contribution >= 4 is 17.3 Å². The van der Waals surface area contributed by atoms with Crippen LogP contribution in [-0.2, 0) is 4.79 Å². The number of para-hydroxylation sites is 3. The zero-order chi connectivity index (χ0) is 19.8. The van der Waals surface area contributed by atoms with E-state index in [4.69, 9.17) is 4.74 Å². The normalized spacial score (nSPS) is 14.7. The number of nitrogens with one attached hydrogen (secondary N) is 1. The van der Waals surface area contributed by atoms with Crippen LogP contribution in [0.1, 0.15) is 25.3 Å². The monoisotopic (exact) mass is 381 g/mol. The maximum absolute atomic E-state index is 12.4. The lowest BCUT2D eigenvalue weighted by atomic mass is 10.2. The second-order valence-corrected chi connectivity index (χ2v) is 7.20. The molecule has 1 heterocycles. The molecule has 0 unspecified atom stereocenters. The van der Waals surface area contributed by atoms with E-state index in [0.717, 1.165) is 55.4 Å². The highest BCUT2D eigenvalue weighted by molar-refractivity contribution is 5.94. The molecule has 0 bridgehead atoms. The molecule has 1 amide bonds. The topological polar surface area (TPSA) is 44.8 Å². The van der Waals surface area contributed by atoms with E-state index in [9.17, 15) is 4.79 Å². The molecule has 0 aromatic heterocycles. The van der Waals surface area contributed by atoms with Gasteiger partial charge in [-0.1, -0.05) is 37.3 Å². The van der Waals surface area contributed by atoms with E-state index >= 15 is 0 Å². The summed E-state index contributed by atoms with van der Waals surface area (Å²) < 4.78 is 5.78. The van der Waals surface area contributed by atoms with Crippen molar-refractivity contribution in [2.45, 2.75) is 26.7 Å². The Bertz CT molecular complexity index is 770. The molecule has 28 heavy (non-hydrogen) atoms. The molecule has 2 aromatic carbocycles. The Kier molecular flexibility index (Phi) is 7.31. The largest absolute Gasteiger partial charge is 0.493 e. The Hall–Kier alpha value is -2.53. The number of benzene rings is 2. The van der Waals surface area contributed by atoms with Crippen molar-refractivity contribution in [2.75, 3.05) is 49.5 Å². The highest BCUT2D eigenvalue weighted by atomic mass is 16.5. The fraction of sp³-hybridized carbons (Fsp3) is 0.435. The fourth-order valence-corrected chi connectivity index (χ4v) is 3.51. The summed E-state index contributed by atoms with van der Waals surface area (Å²) in [7, 11) is 0. The van der Waals surface area contributed by atoms with Gasteiger partial charge in [-0.25, -0.2) is 0 Å². The minimum absolute atomic E-state index is 0.0352. The molecule has 0 aliphatic carbocycles. The van der Waals surface area contributed by atoms with Gasteiger partial charge in [0, 0.05) is 32.6 Å². The molecule has 1 saturated heterocycles. The summed E-state index contributed by atoms with van der Waals surface area (Å²) in [5.74, 6) is 0.924. The first-order valence-corrected chi connectivity index (χ1v) is 10.2. The third kappa shape index (κ3) is 5.49. The molecule has 0 saturated carbocycles. The van der Waals surface area contributed by atoms with Gasteiger partial charge in [0.2, 0.25) is 5.91 Å². The van der Waals surface area contributed by atoms with Gasteiger partial charge in [0.25, 0.3) is 0 Å². The van der Waals surface area contributed by atoms with Crippen molar-refractivity contribution in [3.05, 3.63) is 54.1 Å². The number of hydrogen-bond donors (Lipinski definition) is 1. The molecule has 3 rings (SSSR count). The van der Waals surface area contributed by atoms with Crippen molar-refractivity contribution in [3.63, 3.8) is 0 Å². The Morgan fingerprint density at radius 3 is 2.50 bits per heavy atom. The van der Waals surface area contributed by atoms with Crippen molar-refractivity contribution in [1.82, 2.24) is 4.90 Å². The number of nitrogens with zero attached hydrogens (tertiary/aromatic N) is 2. The number of anilines is 2. The molecule has 0 radical (unpaired) electrons. The first kappa shape index (κ1) is 20.2. The summed E-state index contributed by atoms with van der Waals surface area (Å²) in [6.07, 6.45) is 1.14. The van der Waals surface area contributed by atoms with Crippen molar-refractivity contribution < 1.29 is 9.53 Å². The SMILES string of the molecule is CCN1CCN(c2ccccc2NC(=O)CCCOc2ccccc2C)CC1. The maximum Gasteiger partial charge on any atom is 0.224 e. The lowest BCUT2D eigenvalue weighted by molar-refractivity contribution is -0.116. The summed E-state index contributed by atoms with van der Waals surface area (Å²) >= 11 is 0. The highest BCUT2D eigenvalue weighted by Gasteiger charge is 2.18. The summed E-state index contributed by atoms with van der Waals surface area (Å²) in [6, 6.07) is 16.0. The Labute approximate surface area is 168 Å². The predicted molar refractivity (Wildman–Crippen MR) is 115 cm³/mol. The van der Waals surface area contributed by atoms with Gasteiger partial charge in [0.1, 0.15) is 5.75 Å². The molecule has 2 aromatic rings. The minimum Gasteiger partial charge on any atom is -0.493 e. The smallest absolute Gasteiger partial charge is 0.224 e. The van der Waals surface area contributed by atoms with E-state index < -0.39 is 0 Å². The third-order valence-corrected chi connectivity index (χ3v) is 5.24. The van der Waals surface area contributed by atoms with Crippen LogP contribution in [-0.4, -0.2) is 50.1 Å². The molecular weight excluding hydrogens is 350 g/mol. The van der Waals surface area contributed by atoms with E-state index in [1.165, 1.54) is 0 Å². The molecule has 1 fully saturated rings. The van der Waals surface area contributed by atoms with Gasteiger partial charge in [-0.15, -0.1) is 0 Å². The summed E-state index contributed by atoms with van der Waals surface area (Å²) in [6.45, 7) is 9.97. The molecule has 0 atom stereocenters. The Balaban J connectivity index is 1.48. The zero-order valence-electron chi connectivity index (χ0n) is 17.0. The standard InChI is InChI=1S/C23H31N3O2/c1-3-25-14-16-26(17-15-25)21-11-6-5-10-20(21)24-23(27)13-8-18-28-22-12-7-4-9-19(22)2/h4-7,9-12H,3,8,13-18H2,1-2H3,(H,24,27). The lowest BCUT2D eigenvalue weighted by Gasteiger charge is -2.36. The van der Waals surface area contributed by atoms with E-state index in [2.05, 4.69) is 28.1 Å². The van der Waals surface area contributed by atoms with Crippen LogP contribution in [0, 0.1) is 6.92 Å². The lowest BCUT2D eigenvalue weighted by Crippen LogP contribution is -2.46. The first-order valence-electron chi connectivity index (χ1n) is 10.2. The summed E-state index contributed by atoms with van der Waals surface area (Å²) in [4.78, 5) is 17.2. The van der Waals surface area contributed by atoms with E-state index in [-0.39, 0.29) is 5.91 Å². The van der Waals surface area contributed by atoms with Gasteiger partial charge in [-0.05, 0) is 43.7 Å². The molecule has 150 valence electrons. The third-order valence-electron chi connectivity index (χ3n) is 5.24. The molecule has 5 heteroatoms. The average molecular weight is 382 g/mol. The average Bonchev–Trinajstić information content (AvgIpc) is 2.73. The van der Waals surface area contributed by atoms with Gasteiger partial charge in [-0.3, -0.25) is 4.79 Å². The van der Waals surface area contributed by atoms with Crippen LogP contribution in [0.4, 0.5) is 11.4 Å². The maximum atomic E-state index is 12.4. The van der Waals surface area contributed by atoms with Crippen LogP contribution in [0.3, 0.4) is 0 Å². The first-order chi connectivity index (χ1) is 13.7. The zero-order valence-corrected chi connectivity index (χ0v) is 17.0. The number of aryl methyl sites for hydroxylation is 1. The van der Waals surface area contributed by atoms with Crippen LogP contribution in [0.5, 0.6) is 5.75 Å². The molecular formula is C23H31N3O2. The van der Waals surface area contributed by atoms with Gasteiger partial charge in [0.15, 0.2) is 0 Å². The molecule has 1 aliphatic rings. The number of ether oxygens (including phenoxy) is 1. The second-order valence-electron chi connectivity index (χ2n) is 7.20. The summed E-state index contributed by atoms with van der Waals surface area (Å²) in [5.41, 5.74) is 3.13.